The van der Waals surface area contributed by atoms with Crippen LogP contribution >= 0.6 is 11.6 Å². The summed E-state index contributed by atoms with van der Waals surface area (Å²) in [5.41, 5.74) is 8.03. The van der Waals surface area contributed by atoms with Gasteiger partial charge in [0, 0.05) is 16.8 Å². The summed E-state index contributed by atoms with van der Waals surface area (Å²) in [6, 6.07) is 6.48. The van der Waals surface area contributed by atoms with E-state index in [1.54, 1.807) is 0 Å². The van der Waals surface area contributed by atoms with Crippen molar-refractivity contribution in [2.45, 2.75) is 18.9 Å². The van der Waals surface area contributed by atoms with E-state index >= 15 is 0 Å². The fourth-order valence-electron chi connectivity index (χ4n) is 1.78. The molecule has 1 aromatic carbocycles. The topological polar surface area (TPSA) is 38.0 Å². The van der Waals surface area contributed by atoms with Crippen LogP contribution in [0, 0.1) is 0 Å². The van der Waals surface area contributed by atoms with Gasteiger partial charge in [0.25, 0.3) is 0 Å². The molecule has 70 valence electrons. The number of hydrogen-bond acceptors (Lipinski definition) is 2. The van der Waals surface area contributed by atoms with Crippen molar-refractivity contribution in [3.63, 3.8) is 0 Å². The number of hydrogen-bond donors (Lipinski definition) is 2. The first-order valence-corrected chi connectivity index (χ1v) is 4.92. The molecule has 0 fully saturated rings. The Morgan fingerprint density at radius 1 is 1.54 bits per heavy atom. The average Bonchev–Trinajstić information content (AvgIpc) is 2.46. The lowest BCUT2D eigenvalue weighted by atomic mass is 10.1. The van der Waals surface area contributed by atoms with Gasteiger partial charge < -0.3 is 11.1 Å². The zero-order valence-electron chi connectivity index (χ0n) is 7.39. The predicted molar refractivity (Wildman–Crippen MR) is 56.2 cm³/mol. The van der Waals surface area contributed by atoms with E-state index in [-0.39, 0.29) is 0 Å². The quantitative estimate of drug-likeness (QED) is 0.760. The fourth-order valence-corrected chi connectivity index (χ4v) is 1.98. The van der Waals surface area contributed by atoms with Crippen molar-refractivity contribution >= 4 is 17.3 Å². The smallest absolute Gasteiger partial charge is 0.0410 e. The van der Waals surface area contributed by atoms with Crippen LogP contribution in [0.2, 0.25) is 5.02 Å². The Labute approximate surface area is 83.1 Å². The zero-order valence-corrected chi connectivity index (χ0v) is 8.14. The average molecular weight is 197 g/mol. The Kier molecular flexibility index (Phi) is 2.42. The highest BCUT2D eigenvalue weighted by Crippen LogP contribution is 2.29. The minimum atomic E-state index is 0.499. The van der Waals surface area contributed by atoms with Crippen LogP contribution in [0.4, 0.5) is 5.69 Å². The standard InChI is InChI=1S/C10H13ClN2/c11-8-1-2-10-7(5-8)6-9(13-10)3-4-12/h1-2,5,9,13H,3-4,6,12H2. The van der Waals surface area contributed by atoms with Crippen molar-refractivity contribution in [3.05, 3.63) is 28.8 Å². The molecule has 0 radical (unpaired) electrons. The lowest BCUT2D eigenvalue weighted by Gasteiger charge is -2.08. The van der Waals surface area contributed by atoms with Crippen molar-refractivity contribution in [1.82, 2.24) is 0 Å². The monoisotopic (exact) mass is 196 g/mol. The summed E-state index contributed by atoms with van der Waals surface area (Å²) in [6.07, 6.45) is 2.07. The molecular formula is C10H13ClN2. The number of benzene rings is 1. The second-order valence-corrected chi connectivity index (χ2v) is 3.86. The third kappa shape index (κ3) is 1.79. The highest BCUT2D eigenvalue weighted by atomic mass is 35.5. The first-order valence-electron chi connectivity index (χ1n) is 4.54. The van der Waals surface area contributed by atoms with E-state index in [2.05, 4.69) is 5.32 Å². The molecule has 0 aliphatic carbocycles. The van der Waals surface area contributed by atoms with Crippen LogP contribution in [0.5, 0.6) is 0 Å². The normalized spacial score (nSPS) is 19.7. The van der Waals surface area contributed by atoms with E-state index in [4.69, 9.17) is 17.3 Å². The molecule has 1 atom stereocenters. The van der Waals surface area contributed by atoms with E-state index in [9.17, 15) is 0 Å². The number of fused-ring (bicyclic) bond motifs is 1. The van der Waals surface area contributed by atoms with Crippen LogP contribution in [-0.2, 0) is 6.42 Å². The van der Waals surface area contributed by atoms with Gasteiger partial charge in [-0.05, 0) is 43.1 Å². The molecule has 2 rings (SSSR count). The van der Waals surface area contributed by atoms with E-state index < -0.39 is 0 Å². The van der Waals surface area contributed by atoms with Gasteiger partial charge in [-0.1, -0.05) is 11.6 Å². The second kappa shape index (κ2) is 3.56. The van der Waals surface area contributed by atoms with E-state index in [1.165, 1.54) is 11.3 Å². The van der Waals surface area contributed by atoms with E-state index in [0.29, 0.717) is 6.04 Å². The van der Waals surface area contributed by atoms with Crippen LogP contribution in [0.1, 0.15) is 12.0 Å². The Morgan fingerprint density at radius 3 is 3.15 bits per heavy atom. The first kappa shape index (κ1) is 8.85. The van der Waals surface area contributed by atoms with Gasteiger partial charge in [-0.3, -0.25) is 0 Å². The van der Waals surface area contributed by atoms with Crippen molar-refractivity contribution in [1.29, 1.82) is 0 Å². The molecular weight excluding hydrogens is 184 g/mol. The molecule has 1 aliphatic rings. The van der Waals surface area contributed by atoms with Gasteiger partial charge in [0.2, 0.25) is 0 Å². The molecule has 3 heteroatoms. The van der Waals surface area contributed by atoms with Gasteiger partial charge in [0.15, 0.2) is 0 Å². The zero-order chi connectivity index (χ0) is 9.26. The molecule has 0 amide bonds. The molecule has 1 heterocycles. The Morgan fingerprint density at radius 2 is 2.38 bits per heavy atom. The predicted octanol–water partition coefficient (Wildman–Crippen LogP) is 2.03. The van der Waals surface area contributed by atoms with Crippen molar-refractivity contribution < 1.29 is 0 Å². The molecule has 1 aliphatic heterocycles. The third-order valence-electron chi connectivity index (χ3n) is 2.41. The molecule has 1 unspecified atom stereocenters. The van der Waals surface area contributed by atoms with Crippen molar-refractivity contribution in [3.8, 4) is 0 Å². The molecule has 1 aromatic rings. The highest BCUT2D eigenvalue weighted by molar-refractivity contribution is 6.30. The van der Waals surface area contributed by atoms with Crippen LogP contribution < -0.4 is 11.1 Å². The summed E-state index contributed by atoms with van der Waals surface area (Å²) in [7, 11) is 0. The van der Waals surface area contributed by atoms with Gasteiger partial charge in [-0.2, -0.15) is 0 Å². The Balaban J connectivity index is 2.16. The van der Waals surface area contributed by atoms with Crippen LogP contribution in [0.25, 0.3) is 0 Å². The van der Waals surface area contributed by atoms with Gasteiger partial charge in [-0.25, -0.2) is 0 Å². The molecule has 0 spiro atoms. The second-order valence-electron chi connectivity index (χ2n) is 3.42. The van der Waals surface area contributed by atoms with Crippen LogP contribution in [0.15, 0.2) is 18.2 Å². The largest absolute Gasteiger partial charge is 0.382 e. The number of anilines is 1. The first-order chi connectivity index (χ1) is 6.29. The minimum Gasteiger partial charge on any atom is -0.382 e. The number of halogens is 1. The molecule has 2 nitrogen and oxygen atoms in total. The SMILES string of the molecule is NCCC1Cc2cc(Cl)ccc2N1. The minimum absolute atomic E-state index is 0.499. The summed E-state index contributed by atoms with van der Waals surface area (Å²) >= 11 is 5.90. The Hall–Kier alpha value is -0.730. The van der Waals surface area contributed by atoms with Crippen molar-refractivity contribution in [2.75, 3.05) is 11.9 Å². The summed E-state index contributed by atoms with van der Waals surface area (Å²) in [6.45, 7) is 0.736. The maximum Gasteiger partial charge on any atom is 0.0410 e. The molecule has 0 aromatic heterocycles. The Bertz CT molecular complexity index is 312. The fraction of sp³-hybridized carbons (Fsp3) is 0.400. The van der Waals surface area contributed by atoms with Crippen molar-refractivity contribution in [2.24, 2.45) is 5.73 Å². The molecule has 3 N–H and O–H groups in total. The highest BCUT2D eigenvalue weighted by Gasteiger charge is 2.19. The maximum atomic E-state index is 5.90. The van der Waals surface area contributed by atoms with E-state index in [0.717, 1.165) is 24.4 Å². The summed E-state index contributed by atoms with van der Waals surface area (Å²) in [5.74, 6) is 0. The number of nitrogens with one attached hydrogen (secondary N) is 1. The van der Waals surface area contributed by atoms with E-state index in [1.807, 2.05) is 18.2 Å². The lowest BCUT2D eigenvalue weighted by molar-refractivity contribution is 0.684. The molecule has 0 bridgehead atoms. The molecule has 0 saturated heterocycles. The molecule has 13 heavy (non-hydrogen) atoms. The van der Waals surface area contributed by atoms with Gasteiger partial charge in [-0.15, -0.1) is 0 Å². The van der Waals surface area contributed by atoms with Crippen LogP contribution in [-0.4, -0.2) is 12.6 Å². The summed E-state index contributed by atoms with van der Waals surface area (Å²) in [5, 5.41) is 4.24. The maximum absolute atomic E-state index is 5.90. The number of nitrogens with two attached hydrogens (primary N) is 1. The summed E-state index contributed by atoms with van der Waals surface area (Å²) < 4.78 is 0. The van der Waals surface area contributed by atoms with Gasteiger partial charge in [0.05, 0.1) is 0 Å². The summed E-state index contributed by atoms with van der Waals surface area (Å²) in [4.78, 5) is 0. The molecule has 0 saturated carbocycles. The van der Waals surface area contributed by atoms with Gasteiger partial charge in [0.1, 0.15) is 0 Å². The van der Waals surface area contributed by atoms with Gasteiger partial charge >= 0.3 is 0 Å². The lowest BCUT2D eigenvalue weighted by Crippen LogP contribution is -2.19. The number of rotatable bonds is 2. The van der Waals surface area contributed by atoms with Crippen LogP contribution in [0.3, 0.4) is 0 Å². The third-order valence-corrected chi connectivity index (χ3v) is 2.64.